The van der Waals surface area contributed by atoms with Crippen molar-refractivity contribution in [3.63, 3.8) is 0 Å². The molecule has 1 heterocycles. The number of rotatable bonds is 4. The third-order valence-electron chi connectivity index (χ3n) is 2.64. The van der Waals surface area contributed by atoms with E-state index in [1.807, 2.05) is 12.1 Å². The average Bonchev–Trinajstić information content (AvgIpc) is 2.42. The summed E-state index contributed by atoms with van der Waals surface area (Å²) >= 11 is 1.41. The summed E-state index contributed by atoms with van der Waals surface area (Å²) in [4.78, 5) is 5.83. The second-order valence-electron chi connectivity index (χ2n) is 4.27. The van der Waals surface area contributed by atoms with Crippen LogP contribution in [-0.4, -0.2) is 31.8 Å². The van der Waals surface area contributed by atoms with Gasteiger partial charge in [-0.25, -0.2) is 12.7 Å². The van der Waals surface area contributed by atoms with E-state index in [2.05, 4.69) is 4.98 Å². The van der Waals surface area contributed by atoms with E-state index in [0.717, 1.165) is 4.90 Å². The summed E-state index contributed by atoms with van der Waals surface area (Å²) in [6.07, 6.45) is 3.36. The van der Waals surface area contributed by atoms with Crippen LogP contribution < -0.4 is 5.73 Å². The maximum atomic E-state index is 12.1. The molecular formula is C13H15N3O2S2. The van der Waals surface area contributed by atoms with Crippen LogP contribution in [0.1, 0.15) is 0 Å². The van der Waals surface area contributed by atoms with Crippen LogP contribution in [0.3, 0.4) is 0 Å². The lowest BCUT2D eigenvalue weighted by atomic mass is 10.3. The SMILES string of the molecule is CN(C)S(=O)(=O)c1ccc(N)c(Sc2ccncc2)c1. The highest BCUT2D eigenvalue weighted by atomic mass is 32.2. The van der Waals surface area contributed by atoms with Gasteiger partial charge >= 0.3 is 0 Å². The molecule has 2 N–H and O–H groups in total. The van der Waals surface area contributed by atoms with Crippen LogP contribution in [0.2, 0.25) is 0 Å². The maximum Gasteiger partial charge on any atom is 0.242 e. The van der Waals surface area contributed by atoms with E-state index in [9.17, 15) is 8.42 Å². The topological polar surface area (TPSA) is 76.3 Å². The van der Waals surface area contributed by atoms with E-state index in [-0.39, 0.29) is 4.90 Å². The smallest absolute Gasteiger partial charge is 0.242 e. The Balaban J connectivity index is 2.40. The highest BCUT2D eigenvalue weighted by molar-refractivity contribution is 7.99. The van der Waals surface area contributed by atoms with Gasteiger partial charge in [0.25, 0.3) is 0 Å². The van der Waals surface area contributed by atoms with Gasteiger partial charge < -0.3 is 5.73 Å². The van der Waals surface area contributed by atoms with Gasteiger partial charge in [0.2, 0.25) is 10.0 Å². The number of nitrogen functional groups attached to an aromatic ring is 1. The number of anilines is 1. The Bertz CT molecular complexity index is 701. The maximum absolute atomic E-state index is 12.1. The Kier molecular flexibility index (Phi) is 4.32. The van der Waals surface area contributed by atoms with Gasteiger partial charge in [0, 0.05) is 42.0 Å². The molecule has 106 valence electrons. The number of nitrogens with zero attached hydrogens (tertiary/aromatic N) is 2. The highest BCUT2D eigenvalue weighted by Gasteiger charge is 2.18. The Morgan fingerprint density at radius 1 is 1.15 bits per heavy atom. The van der Waals surface area contributed by atoms with Crippen LogP contribution in [0.5, 0.6) is 0 Å². The van der Waals surface area contributed by atoms with Crippen LogP contribution >= 0.6 is 11.8 Å². The fourth-order valence-corrected chi connectivity index (χ4v) is 3.39. The van der Waals surface area contributed by atoms with E-state index in [0.29, 0.717) is 10.6 Å². The second-order valence-corrected chi connectivity index (χ2v) is 7.54. The number of sulfonamides is 1. The Labute approximate surface area is 122 Å². The summed E-state index contributed by atoms with van der Waals surface area (Å²) in [6.45, 7) is 0. The molecule has 0 aliphatic carbocycles. The van der Waals surface area contributed by atoms with Crippen molar-refractivity contribution in [1.29, 1.82) is 0 Å². The molecule has 0 aliphatic rings. The zero-order valence-electron chi connectivity index (χ0n) is 11.1. The van der Waals surface area contributed by atoms with Crippen molar-refractivity contribution in [2.24, 2.45) is 0 Å². The first-order valence-electron chi connectivity index (χ1n) is 5.81. The van der Waals surface area contributed by atoms with Crippen LogP contribution in [0.15, 0.2) is 57.4 Å². The van der Waals surface area contributed by atoms with E-state index < -0.39 is 10.0 Å². The largest absolute Gasteiger partial charge is 0.398 e. The molecule has 7 heteroatoms. The summed E-state index contributed by atoms with van der Waals surface area (Å²) in [5.41, 5.74) is 6.46. The molecule has 0 fully saturated rings. The molecule has 0 atom stereocenters. The van der Waals surface area contributed by atoms with Crippen molar-refractivity contribution >= 4 is 27.5 Å². The zero-order chi connectivity index (χ0) is 14.8. The second kappa shape index (κ2) is 5.82. The quantitative estimate of drug-likeness (QED) is 0.875. The summed E-state index contributed by atoms with van der Waals surface area (Å²) in [5.74, 6) is 0. The lowest BCUT2D eigenvalue weighted by Gasteiger charge is -2.13. The molecular weight excluding hydrogens is 294 g/mol. The predicted molar refractivity (Wildman–Crippen MR) is 80.1 cm³/mol. The third kappa shape index (κ3) is 3.12. The van der Waals surface area contributed by atoms with Gasteiger partial charge in [-0.1, -0.05) is 11.8 Å². The molecule has 1 aromatic heterocycles. The average molecular weight is 309 g/mol. The van der Waals surface area contributed by atoms with Crippen LogP contribution in [-0.2, 0) is 10.0 Å². The standard InChI is InChI=1S/C13H15N3O2S2/c1-16(2)20(17,18)11-3-4-12(14)13(9-11)19-10-5-7-15-8-6-10/h3-9H,14H2,1-2H3. The Morgan fingerprint density at radius 2 is 1.80 bits per heavy atom. The first-order valence-corrected chi connectivity index (χ1v) is 8.07. The fraction of sp³-hybridized carbons (Fsp3) is 0.154. The van der Waals surface area contributed by atoms with Crippen molar-refractivity contribution in [1.82, 2.24) is 9.29 Å². The monoisotopic (exact) mass is 309 g/mol. The van der Waals surface area contributed by atoms with Crippen molar-refractivity contribution in [2.75, 3.05) is 19.8 Å². The number of nitrogens with two attached hydrogens (primary N) is 1. The Morgan fingerprint density at radius 3 is 2.40 bits per heavy atom. The summed E-state index contributed by atoms with van der Waals surface area (Å²) in [5, 5.41) is 0. The van der Waals surface area contributed by atoms with Gasteiger partial charge in [-0.3, -0.25) is 4.98 Å². The normalized spacial score (nSPS) is 11.8. The molecule has 0 unspecified atom stereocenters. The van der Waals surface area contributed by atoms with E-state index >= 15 is 0 Å². The highest BCUT2D eigenvalue weighted by Crippen LogP contribution is 2.33. The van der Waals surface area contributed by atoms with E-state index in [1.165, 1.54) is 36.2 Å². The number of aromatic nitrogens is 1. The minimum Gasteiger partial charge on any atom is -0.398 e. The van der Waals surface area contributed by atoms with Crippen molar-refractivity contribution in [3.05, 3.63) is 42.7 Å². The molecule has 5 nitrogen and oxygen atoms in total. The van der Waals surface area contributed by atoms with Gasteiger partial charge in [0.1, 0.15) is 0 Å². The van der Waals surface area contributed by atoms with Crippen LogP contribution in [0, 0.1) is 0 Å². The Hall–Kier alpha value is -1.57. The first kappa shape index (κ1) is 14.8. The molecule has 0 radical (unpaired) electrons. The molecule has 0 saturated heterocycles. The minimum absolute atomic E-state index is 0.230. The molecule has 2 aromatic rings. The molecule has 0 saturated carbocycles. The van der Waals surface area contributed by atoms with Gasteiger partial charge in [-0.2, -0.15) is 0 Å². The number of pyridine rings is 1. The van der Waals surface area contributed by atoms with Crippen molar-refractivity contribution < 1.29 is 8.42 Å². The predicted octanol–water partition coefficient (Wildman–Crippen LogP) is 2.07. The van der Waals surface area contributed by atoms with Crippen LogP contribution in [0.25, 0.3) is 0 Å². The fourth-order valence-electron chi connectivity index (χ4n) is 1.51. The number of hydrogen-bond donors (Lipinski definition) is 1. The van der Waals surface area contributed by atoms with Gasteiger partial charge in [0.15, 0.2) is 0 Å². The number of benzene rings is 1. The molecule has 0 bridgehead atoms. The lowest BCUT2D eigenvalue weighted by Crippen LogP contribution is -2.22. The zero-order valence-corrected chi connectivity index (χ0v) is 12.8. The van der Waals surface area contributed by atoms with E-state index in [1.54, 1.807) is 24.5 Å². The third-order valence-corrected chi connectivity index (χ3v) is 5.53. The molecule has 0 aliphatic heterocycles. The molecule has 0 spiro atoms. The van der Waals surface area contributed by atoms with E-state index in [4.69, 9.17) is 5.73 Å². The summed E-state index contributed by atoms with van der Waals surface area (Å²) < 4.78 is 25.4. The van der Waals surface area contributed by atoms with Gasteiger partial charge in [0.05, 0.1) is 4.90 Å². The molecule has 20 heavy (non-hydrogen) atoms. The lowest BCUT2D eigenvalue weighted by molar-refractivity contribution is 0.520. The summed E-state index contributed by atoms with van der Waals surface area (Å²) in [7, 11) is -0.454. The minimum atomic E-state index is -3.46. The van der Waals surface area contributed by atoms with Gasteiger partial charge in [-0.05, 0) is 30.3 Å². The summed E-state index contributed by atoms with van der Waals surface area (Å²) in [6, 6.07) is 8.41. The number of hydrogen-bond acceptors (Lipinski definition) is 5. The molecule has 0 amide bonds. The first-order chi connectivity index (χ1) is 9.41. The molecule has 2 rings (SSSR count). The van der Waals surface area contributed by atoms with Gasteiger partial charge in [-0.15, -0.1) is 0 Å². The van der Waals surface area contributed by atoms with Crippen molar-refractivity contribution in [2.45, 2.75) is 14.7 Å². The van der Waals surface area contributed by atoms with Crippen LogP contribution in [0.4, 0.5) is 5.69 Å². The molecule has 1 aromatic carbocycles. The van der Waals surface area contributed by atoms with Crippen molar-refractivity contribution in [3.8, 4) is 0 Å².